The Labute approximate surface area is 265 Å². The van der Waals surface area contributed by atoms with Gasteiger partial charge in [0, 0.05) is 11.1 Å². The van der Waals surface area contributed by atoms with Gasteiger partial charge < -0.3 is 19.9 Å². The Bertz CT molecular complexity index is 1830. The number of carbonyl (C=O) groups excluding carboxylic acids is 2. The number of aromatic nitrogens is 3. The van der Waals surface area contributed by atoms with E-state index in [0.717, 1.165) is 28.8 Å². The maximum absolute atomic E-state index is 12.8. The van der Waals surface area contributed by atoms with E-state index in [0.29, 0.717) is 16.8 Å². The molecule has 1 aliphatic rings. The molecule has 2 heterocycles. The highest BCUT2D eigenvalue weighted by Gasteiger charge is 2.33. The number of aliphatic imine (C=N–C) groups is 1. The zero-order valence-corrected chi connectivity index (χ0v) is 24.8. The van der Waals surface area contributed by atoms with Gasteiger partial charge in [0.1, 0.15) is 24.4 Å². The number of rotatable bonds is 8. The van der Waals surface area contributed by atoms with E-state index in [2.05, 4.69) is 25.1 Å². The van der Waals surface area contributed by atoms with Crippen molar-refractivity contribution in [3.8, 4) is 28.6 Å². The van der Waals surface area contributed by atoms with Crippen LogP contribution in [0.15, 0.2) is 72.0 Å². The summed E-state index contributed by atoms with van der Waals surface area (Å²) in [5.74, 6) is -1.16. The summed E-state index contributed by atoms with van der Waals surface area (Å²) >= 11 is 0.949. The van der Waals surface area contributed by atoms with Crippen LogP contribution in [-0.2, 0) is 16.1 Å². The first-order valence-electron chi connectivity index (χ1n) is 13.4. The number of amides is 3. The third-order valence-electron chi connectivity index (χ3n) is 6.29. The Morgan fingerprint density at radius 3 is 2.49 bits per heavy atom. The van der Waals surface area contributed by atoms with Gasteiger partial charge in [0.2, 0.25) is 5.91 Å². The molecular formula is C29H22F6N6O5S. The van der Waals surface area contributed by atoms with Gasteiger partial charge in [-0.25, -0.2) is 14.5 Å². The van der Waals surface area contributed by atoms with Gasteiger partial charge >= 0.3 is 18.6 Å². The number of aromatic hydroxyl groups is 1. The Hall–Kier alpha value is -5.10. The quantitative estimate of drug-likeness (QED) is 0.157. The summed E-state index contributed by atoms with van der Waals surface area (Å²) in [6.07, 6.45) is -8.06. The van der Waals surface area contributed by atoms with Crippen molar-refractivity contribution in [2.24, 2.45) is 4.99 Å². The van der Waals surface area contributed by atoms with Crippen molar-refractivity contribution in [3.63, 3.8) is 0 Å². The molecule has 18 heteroatoms. The lowest BCUT2D eigenvalue weighted by molar-refractivity contribution is -0.274. The standard InChI is InChI=1S/C29H22F6N6O5S/c1-16-2-3-18(12-45-14-28(30,31)32)22(10-16)41-24(43)13-47-27(41)38-26(44)37-21-9-4-17(11-23(21)42)25-36-15-40(39-25)19-5-7-20(8-6-19)46-29(33,34)35/h2-11,15,42H,12-14H2,1H3,(H,37,44). The number of ether oxygens (including phenoxy) is 2. The van der Waals surface area contributed by atoms with Crippen LogP contribution in [0.25, 0.3) is 17.1 Å². The van der Waals surface area contributed by atoms with Crippen LogP contribution in [0.1, 0.15) is 11.1 Å². The first-order chi connectivity index (χ1) is 22.1. The van der Waals surface area contributed by atoms with Crippen LogP contribution in [0, 0.1) is 6.92 Å². The molecule has 0 bridgehead atoms. The lowest BCUT2D eigenvalue weighted by atomic mass is 10.1. The number of carbonyl (C=O) groups is 2. The van der Waals surface area contributed by atoms with Gasteiger partial charge in [-0.3, -0.25) is 9.69 Å². The fourth-order valence-corrected chi connectivity index (χ4v) is 5.15. The van der Waals surface area contributed by atoms with E-state index in [1.54, 1.807) is 19.1 Å². The third-order valence-corrected chi connectivity index (χ3v) is 7.22. The van der Waals surface area contributed by atoms with Crippen LogP contribution >= 0.6 is 11.8 Å². The molecule has 1 fully saturated rings. The summed E-state index contributed by atoms with van der Waals surface area (Å²) in [6, 6.07) is 12.8. The Morgan fingerprint density at radius 2 is 1.81 bits per heavy atom. The smallest absolute Gasteiger partial charge is 0.506 e. The van der Waals surface area contributed by atoms with Crippen LogP contribution in [-0.4, -0.2) is 61.9 Å². The summed E-state index contributed by atoms with van der Waals surface area (Å²) in [7, 11) is 0. The highest BCUT2D eigenvalue weighted by Crippen LogP contribution is 2.33. The van der Waals surface area contributed by atoms with Crippen molar-refractivity contribution >= 4 is 40.2 Å². The number of nitrogens with zero attached hydrogens (tertiary/aromatic N) is 5. The fourth-order valence-electron chi connectivity index (χ4n) is 4.29. The van der Waals surface area contributed by atoms with E-state index >= 15 is 0 Å². The van der Waals surface area contributed by atoms with Gasteiger partial charge in [0.25, 0.3) is 0 Å². The number of anilines is 2. The van der Waals surface area contributed by atoms with E-state index in [9.17, 15) is 41.0 Å². The average Bonchev–Trinajstić information content (AvgIpc) is 3.61. The second-order valence-corrected chi connectivity index (χ2v) is 10.8. The van der Waals surface area contributed by atoms with Crippen molar-refractivity contribution in [1.29, 1.82) is 0 Å². The minimum atomic E-state index is -4.83. The number of aryl methyl sites for hydroxylation is 1. The Kier molecular flexibility index (Phi) is 9.43. The summed E-state index contributed by atoms with van der Waals surface area (Å²) in [4.78, 5) is 34.9. The van der Waals surface area contributed by atoms with Gasteiger partial charge in [-0.1, -0.05) is 23.9 Å². The van der Waals surface area contributed by atoms with Crippen molar-refractivity contribution in [3.05, 3.63) is 78.1 Å². The predicted octanol–water partition coefficient (Wildman–Crippen LogP) is 6.59. The Morgan fingerprint density at radius 1 is 1.06 bits per heavy atom. The largest absolute Gasteiger partial charge is 0.573 e. The molecule has 2 N–H and O–H groups in total. The second kappa shape index (κ2) is 13.3. The topological polar surface area (TPSA) is 131 Å². The molecule has 0 spiro atoms. The highest BCUT2D eigenvalue weighted by atomic mass is 32.2. The highest BCUT2D eigenvalue weighted by molar-refractivity contribution is 8.15. The number of alkyl halides is 6. The minimum Gasteiger partial charge on any atom is -0.506 e. The van der Waals surface area contributed by atoms with Crippen LogP contribution in [0.5, 0.6) is 11.5 Å². The maximum Gasteiger partial charge on any atom is 0.573 e. The van der Waals surface area contributed by atoms with Crippen molar-refractivity contribution in [1.82, 2.24) is 14.8 Å². The molecule has 0 aliphatic carbocycles. The minimum absolute atomic E-state index is 0.0287. The van der Waals surface area contributed by atoms with Gasteiger partial charge in [-0.2, -0.15) is 18.2 Å². The number of halogens is 6. The average molecular weight is 681 g/mol. The first kappa shape index (κ1) is 33.3. The number of nitrogens with one attached hydrogen (secondary N) is 1. The molecule has 246 valence electrons. The number of amidine groups is 1. The maximum atomic E-state index is 12.8. The Balaban J connectivity index is 1.29. The van der Waals surface area contributed by atoms with Crippen molar-refractivity contribution in [2.75, 3.05) is 22.6 Å². The van der Waals surface area contributed by atoms with Crippen LogP contribution in [0.2, 0.25) is 0 Å². The molecule has 0 radical (unpaired) electrons. The van der Waals surface area contributed by atoms with Crippen molar-refractivity contribution in [2.45, 2.75) is 26.1 Å². The normalized spacial score (nSPS) is 14.6. The molecule has 0 unspecified atom stereocenters. The molecule has 0 saturated carbocycles. The summed E-state index contributed by atoms with van der Waals surface area (Å²) < 4.78 is 85.0. The summed E-state index contributed by atoms with van der Waals surface area (Å²) in [5.41, 5.74) is 1.88. The monoisotopic (exact) mass is 680 g/mol. The van der Waals surface area contributed by atoms with Crippen LogP contribution in [0.3, 0.4) is 0 Å². The number of phenols is 1. The molecule has 47 heavy (non-hydrogen) atoms. The number of urea groups is 1. The molecule has 1 saturated heterocycles. The second-order valence-electron chi connectivity index (χ2n) is 9.87. The molecule has 5 rings (SSSR count). The van der Waals surface area contributed by atoms with E-state index in [-0.39, 0.29) is 39.4 Å². The molecule has 3 amide bonds. The van der Waals surface area contributed by atoms with Gasteiger partial charge in [-0.05, 0) is 61.0 Å². The van der Waals surface area contributed by atoms with Gasteiger partial charge in [0.05, 0.1) is 29.4 Å². The molecule has 4 aromatic rings. The molecular weight excluding hydrogens is 658 g/mol. The number of thioether (sulfide) groups is 1. The molecule has 11 nitrogen and oxygen atoms in total. The first-order valence-corrected chi connectivity index (χ1v) is 14.3. The van der Waals surface area contributed by atoms with Gasteiger partial charge in [0.15, 0.2) is 11.0 Å². The SMILES string of the molecule is Cc1ccc(COCC(F)(F)F)c(N2C(=O)CSC2=NC(=O)Nc2ccc(-c3ncn(-c4ccc(OC(F)(F)F)cc4)n3)cc2O)c1. The van der Waals surface area contributed by atoms with Crippen LogP contribution < -0.4 is 15.0 Å². The van der Waals surface area contributed by atoms with E-state index in [1.807, 2.05) is 0 Å². The fraction of sp³-hybridized carbons (Fsp3) is 0.207. The third kappa shape index (κ3) is 8.59. The van der Waals surface area contributed by atoms with Crippen LogP contribution in [0.4, 0.5) is 42.5 Å². The zero-order valence-electron chi connectivity index (χ0n) is 24.0. The number of benzene rings is 3. The molecule has 3 aromatic carbocycles. The molecule has 1 aromatic heterocycles. The zero-order chi connectivity index (χ0) is 33.9. The number of hydrogen-bond donors (Lipinski definition) is 2. The predicted molar refractivity (Wildman–Crippen MR) is 158 cm³/mol. The summed E-state index contributed by atoms with van der Waals surface area (Å²) in [5, 5.41) is 17.2. The van der Waals surface area contributed by atoms with Gasteiger partial charge in [-0.15, -0.1) is 18.3 Å². The van der Waals surface area contributed by atoms with E-state index < -0.39 is 43.4 Å². The van der Waals surface area contributed by atoms with E-state index in [1.165, 1.54) is 47.4 Å². The van der Waals surface area contributed by atoms with E-state index in [4.69, 9.17) is 4.74 Å². The number of hydrogen-bond acceptors (Lipinski definition) is 8. The summed E-state index contributed by atoms with van der Waals surface area (Å²) in [6.45, 7) is -0.202. The van der Waals surface area contributed by atoms with Crippen molar-refractivity contribution < 1.29 is 50.5 Å². The lowest BCUT2D eigenvalue weighted by Gasteiger charge is -2.21. The molecule has 0 atom stereocenters. The lowest BCUT2D eigenvalue weighted by Crippen LogP contribution is -2.31. The molecule has 1 aliphatic heterocycles. The number of phenolic OH excluding ortho intramolecular Hbond substituents is 1.